The molecular formula is C16H10ClFN2OS. The summed E-state index contributed by atoms with van der Waals surface area (Å²) in [5, 5.41) is 3.45. The lowest BCUT2D eigenvalue weighted by Crippen LogP contribution is -2.31. The van der Waals surface area contributed by atoms with Crippen LogP contribution in [0.5, 0.6) is 0 Å². The molecular weight excluding hydrogens is 323 g/mol. The Bertz CT molecular complexity index is 806. The summed E-state index contributed by atoms with van der Waals surface area (Å²) in [6.45, 7) is 0. The second-order valence-electron chi connectivity index (χ2n) is 4.60. The second-order valence-corrected chi connectivity index (χ2v) is 5.40. The molecule has 3 rings (SSSR count). The Morgan fingerprint density at radius 1 is 1.14 bits per heavy atom. The van der Waals surface area contributed by atoms with E-state index in [1.807, 2.05) is 6.07 Å². The Kier molecular flexibility index (Phi) is 3.92. The van der Waals surface area contributed by atoms with Crippen molar-refractivity contribution in [3.8, 4) is 0 Å². The van der Waals surface area contributed by atoms with Gasteiger partial charge in [-0.25, -0.2) is 9.29 Å². The molecule has 1 aliphatic rings. The fourth-order valence-electron chi connectivity index (χ4n) is 2.13. The van der Waals surface area contributed by atoms with E-state index in [-0.39, 0.29) is 16.5 Å². The van der Waals surface area contributed by atoms with Gasteiger partial charge in [0.2, 0.25) is 0 Å². The number of hydrogen-bond acceptors (Lipinski definition) is 2. The number of rotatable bonds is 2. The van der Waals surface area contributed by atoms with Crippen LogP contribution in [0.1, 0.15) is 5.56 Å². The summed E-state index contributed by atoms with van der Waals surface area (Å²) in [6.07, 6.45) is 1.60. The minimum absolute atomic E-state index is 0.118. The average molecular weight is 333 g/mol. The van der Waals surface area contributed by atoms with E-state index in [1.54, 1.807) is 36.4 Å². The van der Waals surface area contributed by atoms with Gasteiger partial charge in [-0.3, -0.25) is 4.79 Å². The molecule has 1 fully saturated rings. The Morgan fingerprint density at radius 2 is 1.82 bits per heavy atom. The molecule has 6 heteroatoms. The minimum atomic E-state index is -0.515. The predicted octanol–water partition coefficient (Wildman–Crippen LogP) is 3.74. The molecule has 0 aliphatic carbocycles. The van der Waals surface area contributed by atoms with Gasteiger partial charge in [0, 0.05) is 5.02 Å². The highest BCUT2D eigenvalue weighted by Crippen LogP contribution is 2.26. The first-order valence-corrected chi connectivity index (χ1v) is 7.23. The predicted molar refractivity (Wildman–Crippen MR) is 89.0 cm³/mol. The van der Waals surface area contributed by atoms with E-state index in [9.17, 15) is 9.18 Å². The van der Waals surface area contributed by atoms with Crippen molar-refractivity contribution in [2.75, 3.05) is 4.90 Å². The van der Waals surface area contributed by atoms with Crippen LogP contribution in [-0.4, -0.2) is 11.0 Å². The van der Waals surface area contributed by atoms with E-state index in [2.05, 4.69) is 5.32 Å². The van der Waals surface area contributed by atoms with Gasteiger partial charge in [0.05, 0.1) is 5.69 Å². The third-order valence-corrected chi connectivity index (χ3v) is 3.81. The Balaban J connectivity index is 1.99. The zero-order chi connectivity index (χ0) is 15.7. The standard InChI is InChI=1S/C16H10ClFN2OS/c17-11-6-2-1-5-10(11)9-13-15(21)20(16(22)19-13)14-8-4-3-7-12(14)18/h1-9H,(H,19,22)/b13-9+. The summed E-state index contributed by atoms with van der Waals surface area (Å²) >= 11 is 11.2. The maximum atomic E-state index is 13.9. The monoisotopic (exact) mass is 332 g/mol. The molecule has 1 N–H and O–H groups in total. The third kappa shape index (κ3) is 2.61. The number of nitrogens with zero attached hydrogens (tertiary/aromatic N) is 1. The molecule has 0 saturated carbocycles. The number of anilines is 1. The molecule has 1 saturated heterocycles. The van der Waals surface area contributed by atoms with Gasteiger partial charge in [0.15, 0.2) is 5.11 Å². The van der Waals surface area contributed by atoms with Crippen LogP contribution in [0.4, 0.5) is 10.1 Å². The third-order valence-electron chi connectivity index (χ3n) is 3.18. The number of amides is 1. The number of halogens is 2. The van der Waals surface area contributed by atoms with Crippen LogP contribution >= 0.6 is 23.8 Å². The first kappa shape index (κ1) is 14.7. The highest BCUT2D eigenvalue weighted by atomic mass is 35.5. The molecule has 0 spiro atoms. The smallest absolute Gasteiger partial charge is 0.281 e. The lowest BCUT2D eigenvalue weighted by Gasteiger charge is -2.14. The molecule has 1 aliphatic heterocycles. The summed E-state index contributed by atoms with van der Waals surface area (Å²) < 4.78 is 13.9. The van der Waals surface area contributed by atoms with E-state index >= 15 is 0 Å². The zero-order valence-electron chi connectivity index (χ0n) is 11.2. The van der Waals surface area contributed by atoms with Gasteiger partial charge in [-0.1, -0.05) is 41.9 Å². The van der Waals surface area contributed by atoms with Crippen LogP contribution in [0.2, 0.25) is 5.02 Å². The van der Waals surface area contributed by atoms with Crippen molar-refractivity contribution >= 4 is 46.6 Å². The normalized spacial score (nSPS) is 16.3. The Hall–Kier alpha value is -2.24. The molecule has 1 heterocycles. The van der Waals surface area contributed by atoms with Gasteiger partial charge in [0.1, 0.15) is 11.5 Å². The molecule has 22 heavy (non-hydrogen) atoms. The van der Waals surface area contributed by atoms with Gasteiger partial charge >= 0.3 is 0 Å². The lowest BCUT2D eigenvalue weighted by atomic mass is 10.2. The lowest BCUT2D eigenvalue weighted by molar-refractivity contribution is -0.113. The largest absolute Gasteiger partial charge is 0.327 e. The zero-order valence-corrected chi connectivity index (χ0v) is 12.8. The summed E-state index contributed by atoms with van der Waals surface area (Å²) in [6, 6.07) is 13.1. The van der Waals surface area contributed by atoms with E-state index in [1.165, 1.54) is 12.1 Å². The number of carbonyl (C=O) groups excluding carboxylic acids is 1. The van der Waals surface area contributed by atoms with Crippen LogP contribution in [0, 0.1) is 5.82 Å². The number of para-hydroxylation sites is 1. The summed E-state index contributed by atoms with van der Waals surface area (Å²) in [5.41, 5.74) is 1.05. The van der Waals surface area contributed by atoms with E-state index in [0.717, 1.165) is 4.90 Å². The van der Waals surface area contributed by atoms with Crippen molar-refractivity contribution in [3.63, 3.8) is 0 Å². The molecule has 0 atom stereocenters. The molecule has 0 radical (unpaired) electrons. The van der Waals surface area contributed by atoms with E-state index in [0.29, 0.717) is 10.6 Å². The molecule has 0 bridgehead atoms. The van der Waals surface area contributed by atoms with Gasteiger partial charge < -0.3 is 5.32 Å². The van der Waals surface area contributed by atoms with E-state index in [4.69, 9.17) is 23.8 Å². The van der Waals surface area contributed by atoms with Crippen LogP contribution in [-0.2, 0) is 4.79 Å². The van der Waals surface area contributed by atoms with Gasteiger partial charge in [0.25, 0.3) is 5.91 Å². The van der Waals surface area contributed by atoms with Crippen molar-refractivity contribution in [2.24, 2.45) is 0 Å². The molecule has 2 aromatic rings. The Labute approximate surface area is 137 Å². The number of thiocarbonyl (C=S) groups is 1. The van der Waals surface area contributed by atoms with Crippen molar-refractivity contribution < 1.29 is 9.18 Å². The quantitative estimate of drug-likeness (QED) is 0.671. The first-order chi connectivity index (χ1) is 10.6. The number of hydrogen-bond donors (Lipinski definition) is 1. The van der Waals surface area contributed by atoms with E-state index < -0.39 is 11.7 Å². The maximum absolute atomic E-state index is 13.9. The Morgan fingerprint density at radius 3 is 2.55 bits per heavy atom. The molecule has 3 nitrogen and oxygen atoms in total. The van der Waals surface area contributed by atoms with Crippen LogP contribution in [0.15, 0.2) is 54.2 Å². The number of nitrogens with one attached hydrogen (secondary N) is 1. The highest BCUT2D eigenvalue weighted by Gasteiger charge is 2.33. The molecule has 2 aromatic carbocycles. The molecule has 0 aromatic heterocycles. The minimum Gasteiger partial charge on any atom is -0.327 e. The summed E-state index contributed by atoms with van der Waals surface area (Å²) in [5.74, 6) is -0.936. The first-order valence-electron chi connectivity index (χ1n) is 6.44. The number of carbonyl (C=O) groups is 1. The van der Waals surface area contributed by atoms with Gasteiger partial charge in [-0.15, -0.1) is 0 Å². The maximum Gasteiger partial charge on any atom is 0.281 e. The van der Waals surface area contributed by atoms with Crippen molar-refractivity contribution in [3.05, 3.63) is 70.6 Å². The fraction of sp³-hybridized carbons (Fsp3) is 0. The molecule has 0 unspecified atom stereocenters. The SMILES string of the molecule is O=C1/C(=C\c2ccccc2Cl)NC(=S)N1c1ccccc1F. The fourth-order valence-corrected chi connectivity index (χ4v) is 2.62. The summed E-state index contributed by atoms with van der Waals surface area (Å²) in [7, 11) is 0. The van der Waals surface area contributed by atoms with Crippen molar-refractivity contribution in [1.29, 1.82) is 0 Å². The number of benzene rings is 2. The highest BCUT2D eigenvalue weighted by molar-refractivity contribution is 7.80. The topological polar surface area (TPSA) is 32.3 Å². The van der Waals surface area contributed by atoms with Gasteiger partial charge in [-0.05, 0) is 42.1 Å². The van der Waals surface area contributed by atoms with Gasteiger partial charge in [-0.2, -0.15) is 0 Å². The molecule has 1 amide bonds. The molecule has 110 valence electrons. The van der Waals surface area contributed by atoms with Crippen molar-refractivity contribution in [2.45, 2.75) is 0 Å². The van der Waals surface area contributed by atoms with Crippen LogP contribution < -0.4 is 10.2 Å². The van der Waals surface area contributed by atoms with Crippen molar-refractivity contribution in [1.82, 2.24) is 5.32 Å². The summed E-state index contributed by atoms with van der Waals surface area (Å²) in [4.78, 5) is 13.6. The second kappa shape index (κ2) is 5.87. The average Bonchev–Trinajstić information content (AvgIpc) is 2.77. The van der Waals surface area contributed by atoms with Crippen LogP contribution in [0.25, 0.3) is 6.08 Å². The van der Waals surface area contributed by atoms with Crippen LogP contribution in [0.3, 0.4) is 0 Å².